The van der Waals surface area contributed by atoms with E-state index in [-0.39, 0.29) is 24.1 Å². The van der Waals surface area contributed by atoms with Gasteiger partial charge in [0.1, 0.15) is 0 Å². The Morgan fingerprint density at radius 3 is 2.47 bits per heavy atom. The maximum atomic E-state index is 11.6. The first-order valence-corrected chi connectivity index (χ1v) is 4.45. The van der Waals surface area contributed by atoms with Crippen LogP contribution in [0.15, 0.2) is 9.59 Å². The highest BCUT2D eigenvalue weighted by Crippen LogP contribution is 1.92. The second kappa shape index (κ2) is 4.12. The summed E-state index contributed by atoms with van der Waals surface area (Å²) in [7, 11) is 0. The number of rotatable bonds is 3. The molecule has 2 N–H and O–H groups in total. The minimum Gasteiger partial charge on any atom is -0.481 e. The summed E-state index contributed by atoms with van der Waals surface area (Å²) >= 11 is 0. The Labute approximate surface area is 85.2 Å². The predicted octanol–water partition coefficient (Wildman–Crippen LogP) is -0.372. The average molecular weight is 212 g/mol. The first-order valence-electron chi connectivity index (χ1n) is 4.45. The molecule has 0 spiro atoms. The van der Waals surface area contributed by atoms with Crippen LogP contribution in [0.5, 0.6) is 0 Å². The van der Waals surface area contributed by atoms with Gasteiger partial charge < -0.3 is 5.11 Å². The normalized spacial score (nSPS) is 10.3. The molecule has 1 rings (SSSR count). The lowest BCUT2D eigenvalue weighted by atomic mass is 10.2. The lowest BCUT2D eigenvalue weighted by Gasteiger charge is -2.06. The van der Waals surface area contributed by atoms with Crippen LogP contribution >= 0.6 is 0 Å². The number of carboxylic acids is 1. The van der Waals surface area contributed by atoms with E-state index < -0.39 is 5.97 Å². The number of aromatic amines is 1. The van der Waals surface area contributed by atoms with Crippen molar-refractivity contribution in [3.8, 4) is 0 Å². The molecule has 0 saturated heterocycles. The SMILES string of the molecule is Cc1c(C)c(=O)n(CCC(=O)O)[nH]c1=O. The van der Waals surface area contributed by atoms with Crippen molar-refractivity contribution in [2.45, 2.75) is 26.8 Å². The molecule has 82 valence electrons. The van der Waals surface area contributed by atoms with E-state index in [2.05, 4.69) is 5.10 Å². The van der Waals surface area contributed by atoms with Crippen LogP contribution in [-0.2, 0) is 11.3 Å². The fourth-order valence-electron chi connectivity index (χ4n) is 1.16. The van der Waals surface area contributed by atoms with Crippen molar-refractivity contribution in [3.05, 3.63) is 31.8 Å². The quantitative estimate of drug-likeness (QED) is 0.714. The highest BCUT2D eigenvalue weighted by Gasteiger charge is 2.07. The lowest BCUT2D eigenvalue weighted by molar-refractivity contribution is -0.137. The van der Waals surface area contributed by atoms with Crippen LogP contribution in [0.3, 0.4) is 0 Å². The van der Waals surface area contributed by atoms with Gasteiger partial charge in [0.2, 0.25) is 0 Å². The van der Waals surface area contributed by atoms with E-state index in [1.165, 1.54) is 0 Å². The minimum absolute atomic E-state index is 0.0233. The van der Waals surface area contributed by atoms with E-state index in [0.717, 1.165) is 4.68 Å². The highest BCUT2D eigenvalue weighted by molar-refractivity contribution is 5.66. The maximum absolute atomic E-state index is 11.6. The van der Waals surface area contributed by atoms with Crippen molar-refractivity contribution >= 4 is 5.97 Å². The molecule has 0 saturated carbocycles. The Bertz CT molecular complexity index is 498. The summed E-state index contributed by atoms with van der Waals surface area (Å²) in [6.07, 6.45) is -0.196. The zero-order valence-corrected chi connectivity index (χ0v) is 8.53. The monoisotopic (exact) mass is 212 g/mol. The van der Waals surface area contributed by atoms with Gasteiger partial charge in [-0.25, -0.2) is 4.68 Å². The molecule has 1 aromatic heterocycles. The fourth-order valence-corrected chi connectivity index (χ4v) is 1.16. The minimum atomic E-state index is -1.01. The number of H-pyrrole nitrogens is 1. The summed E-state index contributed by atoms with van der Waals surface area (Å²) in [5, 5.41) is 10.8. The van der Waals surface area contributed by atoms with Crippen molar-refractivity contribution in [1.29, 1.82) is 0 Å². The van der Waals surface area contributed by atoms with Gasteiger partial charge in [-0.05, 0) is 13.8 Å². The Morgan fingerprint density at radius 2 is 1.93 bits per heavy atom. The van der Waals surface area contributed by atoms with E-state index in [4.69, 9.17) is 5.11 Å². The van der Waals surface area contributed by atoms with Gasteiger partial charge in [0.15, 0.2) is 0 Å². The number of hydrogen-bond acceptors (Lipinski definition) is 3. The fraction of sp³-hybridized carbons (Fsp3) is 0.444. The summed E-state index contributed by atoms with van der Waals surface area (Å²) in [5.41, 5.74) is 0.00144. The van der Waals surface area contributed by atoms with Crippen molar-refractivity contribution in [2.24, 2.45) is 0 Å². The summed E-state index contributed by atoms with van der Waals surface area (Å²) in [6.45, 7) is 3.08. The van der Waals surface area contributed by atoms with Crippen molar-refractivity contribution in [1.82, 2.24) is 9.78 Å². The van der Waals surface area contributed by atoms with E-state index in [9.17, 15) is 14.4 Å². The molecular weight excluding hydrogens is 200 g/mol. The summed E-state index contributed by atoms with van der Waals surface area (Å²) < 4.78 is 1.03. The molecule has 0 aliphatic heterocycles. The Balaban J connectivity index is 3.16. The molecule has 6 heteroatoms. The average Bonchev–Trinajstić information content (AvgIpc) is 2.18. The summed E-state index contributed by atoms with van der Waals surface area (Å²) in [4.78, 5) is 33.2. The standard InChI is InChI=1S/C9H12N2O4/c1-5-6(2)9(15)11(10-8(5)14)4-3-7(12)13/h3-4H2,1-2H3,(H,10,14)(H,12,13). The lowest BCUT2D eigenvalue weighted by Crippen LogP contribution is -2.33. The summed E-state index contributed by atoms with van der Waals surface area (Å²) in [6, 6.07) is 0. The predicted molar refractivity (Wildman–Crippen MR) is 53.0 cm³/mol. The van der Waals surface area contributed by atoms with Gasteiger partial charge >= 0.3 is 5.97 Å². The van der Waals surface area contributed by atoms with Crippen LogP contribution in [0, 0.1) is 13.8 Å². The third kappa shape index (κ3) is 2.34. The third-order valence-electron chi connectivity index (χ3n) is 2.25. The number of nitrogens with zero attached hydrogens (tertiary/aromatic N) is 1. The zero-order chi connectivity index (χ0) is 11.6. The molecule has 0 fully saturated rings. The van der Waals surface area contributed by atoms with Crippen molar-refractivity contribution in [3.63, 3.8) is 0 Å². The number of aromatic nitrogens is 2. The van der Waals surface area contributed by atoms with Gasteiger partial charge in [0, 0.05) is 11.1 Å². The smallest absolute Gasteiger partial charge is 0.305 e. The molecule has 0 aliphatic carbocycles. The first-order chi connectivity index (χ1) is 6.93. The molecule has 0 bridgehead atoms. The molecule has 0 unspecified atom stereocenters. The molecule has 0 radical (unpaired) electrons. The van der Waals surface area contributed by atoms with Gasteiger partial charge in [-0.3, -0.25) is 19.5 Å². The van der Waals surface area contributed by atoms with E-state index >= 15 is 0 Å². The molecule has 1 aromatic rings. The van der Waals surface area contributed by atoms with Crippen molar-refractivity contribution in [2.75, 3.05) is 0 Å². The van der Waals surface area contributed by atoms with Crippen LogP contribution in [0.1, 0.15) is 17.5 Å². The van der Waals surface area contributed by atoms with Gasteiger partial charge in [-0.1, -0.05) is 0 Å². The molecule has 1 heterocycles. The molecule has 0 amide bonds. The van der Waals surface area contributed by atoms with Crippen LogP contribution < -0.4 is 11.1 Å². The third-order valence-corrected chi connectivity index (χ3v) is 2.25. The molecule has 0 aromatic carbocycles. The largest absolute Gasteiger partial charge is 0.481 e. The number of aliphatic carboxylic acids is 1. The molecule has 0 aliphatic rings. The van der Waals surface area contributed by atoms with Gasteiger partial charge in [0.25, 0.3) is 11.1 Å². The van der Waals surface area contributed by atoms with Crippen LogP contribution in [0.4, 0.5) is 0 Å². The number of nitrogens with one attached hydrogen (secondary N) is 1. The second-order valence-corrected chi connectivity index (χ2v) is 3.29. The van der Waals surface area contributed by atoms with E-state index in [1.54, 1.807) is 13.8 Å². The molecular formula is C9H12N2O4. The zero-order valence-electron chi connectivity index (χ0n) is 8.53. The van der Waals surface area contributed by atoms with Gasteiger partial charge in [-0.15, -0.1) is 0 Å². The topological polar surface area (TPSA) is 92.2 Å². The number of carboxylic acid groups (broad SMARTS) is 1. The highest BCUT2D eigenvalue weighted by atomic mass is 16.4. The first kappa shape index (κ1) is 11.2. The van der Waals surface area contributed by atoms with Crippen LogP contribution in [-0.4, -0.2) is 20.9 Å². The molecule has 6 nitrogen and oxygen atoms in total. The number of hydrogen-bond donors (Lipinski definition) is 2. The number of carbonyl (C=O) groups is 1. The van der Waals surface area contributed by atoms with Crippen LogP contribution in [0.25, 0.3) is 0 Å². The number of aryl methyl sites for hydroxylation is 1. The summed E-state index contributed by atoms with van der Waals surface area (Å²) in [5.74, 6) is -1.01. The maximum Gasteiger partial charge on any atom is 0.305 e. The van der Waals surface area contributed by atoms with E-state index in [1.807, 2.05) is 0 Å². The Kier molecular flexibility index (Phi) is 3.08. The second-order valence-electron chi connectivity index (χ2n) is 3.29. The van der Waals surface area contributed by atoms with Gasteiger partial charge in [0.05, 0.1) is 13.0 Å². The molecule has 15 heavy (non-hydrogen) atoms. The Hall–Kier alpha value is -1.85. The van der Waals surface area contributed by atoms with Crippen LogP contribution in [0.2, 0.25) is 0 Å². The van der Waals surface area contributed by atoms with E-state index in [0.29, 0.717) is 11.1 Å². The van der Waals surface area contributed by atoms with Gasteiger partial charge in [-0.2, -0.15) is 0 Å². The van der Waals surface area contributed by atoms with Crippen molar-refractivity contribution < 1.29 is 9.90 Å². The molecule has 0 atom stereocenters. The Morgan fingerprint density at radius 1 is 1.33 bits per heavy atom.